The predicted molar refractivity (Wildman–Crippen MR) is 94.3 cm³/mol. The number of rotatable bonds is 4. The zero-order valence-electron chi connectivity index (χ0n) is 14.3. The van der Waals surface area contributed by atoms with Crippen molar-refractivity contribution in [1.82, 2.24) is 5.32 Å². The Morgan fingerprint density at radius 3 is 2.43 bits per heavy atom. The maximum absolute atomic E-state index is 5.45. The van der Waals surface area contributed by atoms with Gasteiger partial charge in [-0.3, -0.25) is 0 Å². The molecule has 124 valence electrons. The van der Waals surface area contributed by atoms with Gasteiger partial charge in [-0.15, -0.1) is 0 Å². The molecular formula is C20H27NO2. The minimum atomic E-state index is 0.403. The van der Waals surface area contributed by atoms with Crippen LogP contribution in [0.3, 0.4) is 0 Å². The molecule has 1 aromatic carbocycles. The summed E-state index contributed by atoms with van der Waals surface area (Å²) in [6, 6.07) is 6.25. The third-order valence-corrected chi connectivity index (χ3v) is 5.12. The molecule has 0 saturated carbocycles. The van der Waals surface area contributed by atoms with E-state index >= 15 is 0 Å². The lowest BCUT2D eigenvalue weighted by atomic mass is 9.78. The Bertz CT molecular complexity index is 600. The van der Waals surface area contributed by atoms with Crippen LogP contribution in [0, 0.1) is 11.8 Å². The van der Waals surface area contributed by atoms with E-state index < -0.39 is 0 Å². The minimum Gasteiger partial charge on any atom is -0.493 e. The summed E-state index contributed by atoms with van der Waals surface area (Å²) >= 11 is 0. The van der Waals surface area contributed by atoms with Crippen LogP contribution in [-0.4, -0.2) is 27.3 Å². The molecule has 1 aliphatic carbocycles. The molecule has 3 nitrogen and oxygen atoms in total. The number of hydrogen-bond donors (Lipinski definition) is 1. The van der Waals surface area contributed by atoms with Crippen molar-refractivity contribution in [2.24, 2.45) is 11.8 Å². The van der Waals surface area contributed by atoms with Crippen molar-refractivity contribution in [3.63, 3.8) is 0 Å². The van der Waals surface area contributed by atoms with Gasteiger partial charge in [0.15, 0.2) is 11.5 Å². The van der Waals surface area contributed by atoms with Gasteiger partial charge in [0.1, 0.15) is 0 Å². The lowest BCUT2D eigenvalue weighted by molar-refractivity contribution is 0.354. The maximum Gasteiger partial charge on any atom is 0.161 e. The van der Waals surface area contributed by atoms with E-state index in [1.54, 1.807) is 14.2 Å². The average Bonchev–Trinajstić information content (AvgIpc) is 2.61. The second-order valence-electron chi connectivity index (χ2n) is 6.55. The van der Waals surface area contributed by atoms with E-state index in [1.165, 1.54) is 24.0 Å². The van der Waals surface area contributed by atoms with Gasteiger partial charge in [-0.2, -0.15) is 0 Å². The van der Waals surface area contributed by atoms with E-state index in [2.05, 4.69) is 42.6 Å². The van der Waals surface area contributed by atoms with Crippen LogP contribution in [0.25, 0.3) is 0 Å². The Kier molecular flexibility index (Phi) is 5.06. The first-order valence-electron chi connectivity index (χ1n) is 8.55. The monoisotopic (exact) mass is 313 g/mol. The summed E-state index contributed by atoms with van der Waals surface area (Å²) in [5.41, 5.74) is 2.81. The van der Waals surface area contributed by atoms with Gasteiger partial charge in [0, 0.05) is 5.92 Å². The van der Waals surface area contributed by atoms with Gasteiger partial charge >= 0.3 is 0 Å². The zero-order valence-corrected chi connectivity index (χ0v) is 14.3. The molecule has 2 unspecified atom stereocenters. The van der Waals surface area contributed by atoms with E-state index in [9.17, 15) is 0 Å². The number of ether oxygens (including phenoxy) is 2. The predicted octanol–water partition coefficient (Wildman–Crippen LogP) is 3.92. The molecule has 23 heavy (non-hydrogen) atoms. The van der Waals surface area contributed by atoms with Crippen molar-refractivity contribution in [2.45, 2.75) is 25.7 Å². The molecule has 0 bridgehead atoms. The van der Waals surface area contributed by atoms with Crippen LogP contribution in [0.15, 0.2) is 42.0 Å². The van der Waals surface area contributed by atoms with Crippen LogP contribution < -0.4 is 14.8 Å². The van der Waals surface area contributed by atoms with Crippen LogP contribution in [-0.2, 0) is 0 Å². The molecule has 0 spiro atoms. The number of allylic oxidation sites excluding steroid dienone is 4. The Balaban J connectivity index is 1.78. The molecule has 2 atom stereocenters. The third kappa shape index (κ3) is 3.45. The summed E-state index contributed by atoms with van der Waals surface area (Å²) in [4.78, 5) is 0. The number of benzene rings is 1. The van der Waals surface area contributed by atoms with E-state index in [-0.39, 0.29) is 0 Å². The van der Waals surface area contributed by atoms with Crippen LogP contribution in [0.4, 0.5) is 0 Å². The van der Waals surface area contributed by atoms with Crippen molar-refractivity contribution in [3.05, 3.63) is 47.6 Å². The molecule has 1 aliphatic heterocycles. The van der Waals surface area contributed by atoms with Gasteiger partial charge in [-0.05, 0) is 61.0 Å². The van der Waals surface area contributed by atoms with E-state index in [0.29, 0.717) is 11.8 Å². The fourth-order valence-electron chi connectivity index (χ4n) is 3.76. The molecule has 1 heterocycles. The van der Waals surface area contributed by atoms with Crippen molar-refractivity contribution >= 4 is 0 Å². The quantitative estimate of drug-likeness (QED) is 0.914. The highest BCUT2D eigenvalue weighted by Gasteiger charge is 2.24. The molecule has 0 aromatic heterocycles. The fourth-order valence-corrected chi connectivity index (χ4v) is 3.76. The smallest absolute Gasteiger partial charge is 0.161 e. The van der Waals surface area contributed by atoms with Crippen LogP contribution in [0.5, 0.6) is 11.5 Å². The summed E-state index contributed by atoms with van der Waals surface area (Å²) in [7, 11) is 3.37. The lowest BCUT2D eigenvalue weighted by Gasteiger charge is -2.29. The van der Waals surface area contributed by atoms with Gasteiger partial charge in [0.25, 0.3) is 0 Å². The standard InChI is InChI=1S/C20H27NO2/c1-14-12-16(15-8-10-21-11-9-15)4-6-18(14)17-5-7-19(22-2)20(13-17)23-3/h4-7,12-15,18,21H,8-11H2,1-3H3. The van der Waals surface area contributed by atoms with Crippen LogP contribution in [0.1, 0.15) is 31.2 Å². The Morgan fingerprint density at radius 1 is 1.04 bits per heavy atom. The molecule has 3 rings (SSSR count). The summed E-state index contributed by atoms with van der Waals surface area (Å²) < 4.78 is 10.8. The molecule has 1 saturated heterocycles. The first-order valence-corrected chi connectivity index (χ1v) is 8.55. The first kappa shape index (κ1) is 16.1. The van der Waals surface area contributed by atoms with Gasteiger partial charge in [0.05, 0.1) is 14.2 Å². The number of piperidine rings is 1. The summed E-state index contributed by atoms with van der Waals surface area (Å²) in [6.07, 6.45) is 9.69. The van der Waals surface area contributed by atoms with Gasteiger partial charge in [-0.1, -0.05) is 31.2 Å². The van der Waals surface area contributed by atoms with Crippen LogP contribution >= 0.6 is 0 Å². The molecule has 1 N–H and O–H groups in total. The van der Waals surface area contributed by atoms with Crippen molar-refractivity contribution < 1.29 is 9.47 Å². The maximum atomic E-state index is 5.45. The minimum absolute atomic E-state index is 0.403. The van der Waals surface area contributed by atoms with Gasteiger partial charge in [0.2, 0.25) is 0 Å². The largest absolute Gasteiger partial charge is 0.493 e. The zero-order chi connectivity index (χ0) is 16.2. The molecular weight excluding hydrogens is 286 g/mol. The van der Waals surface area contributed by atoms with Crippen molar-refractivity contribution in [2.75, 3.05) is 27.3 Å². The summed E-state index contributed by atoms with van der Waals surface area (Å²) in [5, 5.41) is 3.45. The molecule has 0 radical (unpaired) electrons. The highest BCUT2D eigenvalue weighted by Crippen LogP contribution is 2.38. The SMILES string of the molecule is COc1ccc(C2C=CC(C3CCNCC3)=CC2C)cc1OC. The van der Waals surface area contributed by atoms with Gasteiger partial charge < -0.3 is 14.8 Å². The summed E-state index contributed by atoms with van der Waals surface area (Å²) in [5.74, 6) is 3.22. The second-order valence-corrected chi connectivity index (χ2v) is 6.55. The molecule has 2 aliphatic rings. The number of nitrogens with one attached hydrogen (secondary N) is 1. The molecule has 0 amide bonds. The first-order chi connectivity index (χ1) is 11.2. The van der Waals surface area contributed by atoms with E-state index in [1.807, 2.05) is 6.07 Å². The average molecular weight is 313 g/mol. The van der Waals surface area contributed by atoms with E-state index in [4.69, 9.17) is 9.47 Å². The third-order valence-electron chi connectivity index (χ3n) is 5.12. The second kappa shape index (κ2) is 7.22. The topological polar surface area (TPSA) is 30.5 Å². The van der Waals surface area contributed by atoms with Crippen LogP contribution in [0.2, 0.25) is 0 Å². The highest BCUT2D eigenvalue weighted by atomic mass is 16.5. The molecule has 1 aromatic rings. The number of hydrogen-bond acceptors (Lipinski definition) is 3. The Labute approximate surface area is 139 Å². The molecule has 3 heteroatoms. The fraction of sp³-hybridized carbons (Fsp3) is 0.500. The highest BCUT2D eigenvalue weighted by molar-refractivity contribution is 5.46. The van der Waals surface area contributed by atoms with Gasteiger partial charge in [-0.25, -0.2) is 0 Å². The number of methoxy groups -OCH3 is 2. The molecule has 1 fully saturated rings. The summed E-state index contributed by atoms with van der Waals surface area (Å²) in [6.45, 7) is 4.60. The lowest BCUT2D eigenvalue weighted by Crippen LogP contribution is -2.29. The van der Waals surface area contributed by atoms with Crippen molar-refractivity contribution in [1.29, 1.82) is 0 Å². The Hall–Kier alpha value is -1.74. The normalized spacial score (nSPS) is 25.1. The van der Waals surface area contributed by atoms with Crippen molar-refractivity contribution in [3.8, 4) is 11.5 Å². The van der Waals surface area contributed by atoms with E-state index in [0.717, 1.165) is 30.5 Å². The Morgan fingerprint density at radius 2 is 1.78 bits per heavy atom.